The number of halogens is 1. The second-order valence-electron chi connectivity index (χ2n) is 8.27. The monoisotopic (exact) mass is 422 g/mol. The maximum Gasteiger partial charge on any atom is 0.272 e. The van der Waals surface area contributed by atoms with Crippen LogP contribution in [-0.4, -0.2) is 44.3 Å². The van der Waals surface area contributed by atoms with Gasteiger partial charge in [-0.1, -0.05) is 0 Å². The van der Waals surface area contributed by atoms with Gasteiger partial charge in [0.1, 0.15) is 23.4 Å². The predicted octanol–water partition coefficient (Wildman–Crippen LogP) is 2.93. The van der Waals surface area contributed by atoms with Crippen molar-refractivity contribution in [1.29, 1.82) is 0 Å². The summed E-state index contributed by atoms with van der Waals surface area (Å²) in [4.78, 5) is 26.9. The molecular formula is C23H23FN4O3. The highest BCUT2D eigenvalue weighted by Crippen LogP contribution is 2.35. The summed E-state index contributed by atoms with van der Waals surface area (Å²) in [6.07, 6.45) is 1.96. The minimum absolute atomic E-state index is 0.0343. The second-order valence-corrected chi connectivity index (χ2v) is 8.27. The Hall–Kier alpha value is -3.42. The molecule has 1 saturated carbocycles. The number of amides is 1. The smallest absolute Gasteiger partial charge is 0.272 e. The molecule has 1 aromatic carbocycles. The molecule has 2 fully saturated rings. The minimum atomic E-state index is -0.317. The Morgan fingerprint density at radius 1 is 1.13 bits per heavy atom. The van der Waals surface area contributed by atoms with Gasteiger partial charge >= 0.3 is 0 Å². The zero-order chi connectivity index (χ0) is 21.7. The SMILES string of the molecule is Cc1cc(OC2CN(C(=O)c3cc(-c4ccc(F)cc4)nn3C)C2)cc(=O)n1C1CC1. The molecule has 1 aliphatic heterocycles. The molecule has 0 spiro atoms. The third kappa shape index (κ3) is 3.73. The summed E-state index contributed by atoms with van der Waals surface area (Å²) >= 11 is 0. The van der Waals surface area contributed by atoms with Crippen LogP contribution in [0.3, 0.4) is 0 Å². The van der Waals surface area contributed by atoms with Crippen molar-refractivity contribution in [3.8, 4) is 17.0 Å². The van der Waals surface area contributed by atoms with Crippen LogP contribution < -0.4 is 10.3 Å². The topological polar surface area (TPSA) is 69.4 Å². The van der Waals surface area contributed by atoms with Gasteiger partial charge < -0.3 is 14.2 Å². The molecule has 1 saturated heterocycles. The van der Waals surface area contributed by atoms with Crippen molar-refractivity contribution in [3.05, 3.63) is 70.0 Å². The highest BCUT2D eigenvalue weighted by molar-refractivity contribution is 5.94. The molecule has 1 amide bonds. The number of rotatable bonds is 5. The van der Waals surface area contributed by atoms with E-state index in [2.05, 4.69) is 5.10 Å². The van der Waals surface area contributed by atoms with Gasteiger partial charge in [0.05, 0.1) is 18.8 Å². The van der Waals surface area contributed by atoms with Crippen LogP contribution in [0.5, 0.6) is 5.75 Å². The van der Waals surface area contributed by atoms with Gasteiger partial charge in [-0.25, -0.2) is 4.39 Å². The lowest BCUT2D eigenvalue weighted by Gasteiger charge is -2.38. The van der Waals surface area contributed by atoms with Gasteiger partial charge in [0.2, 0.25) is 0 Å². The van der Waals surface area contributed by atoms with E-state index in [1.807, 2.05) is 17.6 Å². The van der Waals surface area contributed by atoms with Crippen molar-refractivity contribution in [2.24, 2.45) is 7.05 Å². The Morgan fingerprint density at radius 3 is 2.48 bits per heavy atom. The van der Waals surface area contributed by atoms with Gasteiger partial charge in [-0.15, -0.1) is 0 Å². The van der Waals surface area contributed by atoms with E-state index in [1.54, 1.807) is 30.1 Å². The molecule has 0 unspecified atom stereocenters. The summed E-state index contributed by atoms with van der Waals surface area (Å²) in [5, 5.41) is 4.38. The van der Waals surface area contributed by atoms with Crippen LogP contribution in [0.1, 0.15) is 35.1 Å². The summed E-state index contributed by atoms with van der Waals surface area (Å²) in [5.74, 6) is 0.0989. The van der Waals surface area contributed by atoms with E-state index in [9.17, 15) is 14.0 Å². The second kappa shape index (κ2) is 7.37. The number of ether oxygens (including phenoxy) is 1. The lowest BCUT2D eigenvalue weighted by Crippen LogP contribution is -2.56. The third-order valence-corrected chi connectivity index (χ3v) is 5.82. The number of aryl methyl sites for hydroxylation is 2. The van der Waals surface area contributed by atoms with Gasteiger partial charge in [-0.3, -0.25) is 14.3 Å². The number of hydrogen-bond donors (Lipinski definition) is 0. The fraction of sp³-hybridized carbons (Fsp3) is 0.348. The molecule has 31 heavy (non-hydrogen) atoms. The van der Waals surface area contributed by atoms with Crippen LogP contribution in [0.2, 0.25) is 0 Å². The van der Waals surface area contributed by atoms with Crippen molar-refractivity contribution in [1.82, 2.24) is 19.2 Å². The first-order valence-electron chi connectivity index (χ1n) is 10.4. The standard InChI is InChI=1S/C23H23FN4O3/c1-14-9-18(10-22(29)28(14)17-7-8-17)31-19-12-27(13-19)23(30)21-11-20(25-26(21)2)15-3-5-16(24)6-4-15/h3-6,9-11,17,19H,7-8,12-13H2,1-2H3. The third-order valence-electron chi connectivity index (χ3n) is 5.82. The van der Waals surface area contributed by atoms with Crippen LogP contribution >= 0.6 is 0 Å². The van der Waals surface area contributed by atoms with E-state index < -0.39 is 0 Å². The summed E-state index contributed by atoms with van der Waals surface area (Å²) in [6.45, 7) is 2.81. The number of benzene rings is 1. The molecule has 3 heterocycles. The molecule has 0 atom stereocenters. The molecule has 160 valence electrons. The average Bonchev–Trinajstić information content (AvgIpc) is 3.44. The van der Waals surface area contributed by atoms with E-state index in [0.717, 1.165) is 24.1 Å². The number of pyridine rings is 1. The number of hydrogen-bond acceptors (Lipinski definition) is 4. The minimum Gasteiger partial charge on any atom is -0.486 e. The quantitative estimate of drug-likeness (QED) is 0.634. The van der Waals surface area contributed by atoms with E-state index >= 15 is 0 Å². The number of likely N-dealkylation sites (tertiary alicyclic amines) is 1. The number of aromatic nitrogens is 3. The molecule has 7 nitrogen and oxygen atoms in total. The summed E-state index contributed by atoms with van der Waals surface area (Å²) < 4.78 is 22.4. The molecule has 0 N–H and O–H groups in total. The van der Waals surface area contributed by atoms with Gasteiger partial charge in [-0.05, 0) is 56.2 Å². The summed E-state index contributed by atoms with van der Waals surface area (Å²) in [7, 11) is 1.71. The molecular weight excluding hydrogens is 399 g/mol. The van der Waals surface area contributed by atoms with Crippen molar-refractivity contribution < 1.29 is 13.9 Å². The summed E-state index contributed by atoms with van der Waals surface area (Å²) in [6, 6.07) is 11.5. The lowest BCUT2D eigenvalue weighted by atomic mass is 10.1. The molecule has 5 rings (SSSR count). The first kappa shape index (κ1) is 19.5. The van der Waals surface area contributed by atoms with E-state index in [4.69, 9.17) is 4.74 Å². The first-order valence-corrected chi connectivity index (χ1v) is 10.4. The predicted molar refractivity (Wildman–Crippen MR) is 113 cm³/mol. The Bertz CT molecular complexity index is 1200. The van der Waals surface area contributed by atoms with Crippen molar-refractivity contribution in [2.75, 3.05) is 13.1 Å². The van der Waals surface area contributed by atoms with E-state index in [0.29, 0.717) is 36.3 Å². The largest absolute Gasteiger partial charge is 0.486 e. The van der Waals surface area contributed by atoms with E-state index in [1.165, 1.54) is 22.9 Å². The number of carbonyl (C=O) groups is 1. The van der Waals surface area contributed by atoms with Gasteiger partial charge in [0.25, 0.3) is 11.5 Å². The highest BCUT2D eigenvalue weighted by atomic mass is 19.1. The van der Waals surface area contributed by atoms with Gasteiger partial charge in [0, 0.05) is 30.4 Å². The van der Waals surface area contributed by atoms with Crippen LogP contribution in [0, 0.1) is 12.7 Å². The molecule has 1 aliphatic carbocycles. The molecule has 8 heteroatoms. The maximum absolute atomic E-state index is 13.2. The Kier molecular flexibility index (Phi) is 4.64. The van der Waals surface area contributed by atoms with Crippen LogP contribution in [0.4, 0.5) is 4.39 Å². The molecule has 2 aliphatic rings. The number of carbonyl (C=O) groups excluding carboxylic acids is 1. The fourth-order valence-electron chi connectivity index (χ4n) is 4.01. The Balaban J connectivity index is 1.23. The summed E-state index contributed by atoms with van der Waals surface area (Å²) in [5.41, 5.74) is 2.69. The zero-order valence-electron chi connectivity index (χ0n) is 17.4. The molecule has 0 radical (unpaired) electrons. The van der Waals surface area contributed by atoms with Crippen LogP contribution in [-0.2, 0) is 7.05 Å². The van der Waals surface area contributed by atoms with E-state index in [-0.39, 0.29) is 23.4 Å². The van der Waals surface area contributed by atoms with Gasteiger partial charge in [0.15, 0.2) is 0 Å². The first-order chi connectivity index (χ1) is 14.9. The average molecular weight is 422 g/mol. The molecule has 0 bridgehead atoms. The maximum atomic E-state index is 13.2. The molecule has 2 aromatic heterocycles. The van der Waals surface area contributed by atoms with Crippen molar-refractivity contribution >= 4 is 5.91 Å². The van der Waals surface area contributed by atoms with Crippen molar-refractivity contribution in [3.63, 3.8) is 0 Å². The fourth-order valence-corrected chi connectivity index (χ4v) is 4.01. The van der Waals surface area contributed by atoms with Gasteiger partial charge in [-0.2, -0.15) is 5.10 Å². The van der Waals surface area contributed by atoms with Crippen LogP contribution in [0.25, 0.3) is 11.3 Å². The van der Waals surface area contributed by atoms with Crippen molar-refractivity contribution in [2.45, 2.75) is 31.9 Å². The number of nitrogens with zero attached hydrogens (tertiary/aromatic N) is 4. The Morgan fingerprint density at radius 2 is 1.84 bits per heavy atom. The normalized spacial score (nSPS) is 16.3. The lowest BCUT2D eigenvalue weighted by molar-refractivity contribution is 0.0168. The molecule has 3 aromatic rings. The van der Waals surface area contributed by atoms with Crippen LogP contribution in [0.15, 0.2) is 47.3 Å². The highest BCUT2D eigenvalue weighted by Gasteiger charge is 2.35. The Labute approximate surface area is 178 Å². The zero-order valence-corrected chi connectivity index (χ0v) is 17.4.